The number of ether oxygens (including phenoxy) is 2. The second kappa shape index (κ2) is 10.2. The molecule has 4 aromatic rings. The minimum atomic E-state index is -3.30. The summed E-state index contributed by atoms with van der Waals surface area (Å²) in [4.78, 5) is 28.2. The molecule has 1 saturated heterocycles. The average molecular weight is 563 g/mol. The molecule has 0 radical (unpaired) electrons. The molecule has 1 fully saturated rings. The van der Waals surface area contributed by atoms with Gasteiger partial charge in [0.05, 0.1) is 22.9 Å². The van der Waals surface area contributed by atoms with Gasteiger partial charge in [-0.15, -0.1) is 0 Å². The SMILES string of the molecule is C=CC(=O)N1CCN(c2nc(OC)nc3c(F)c(-c4ccc(F)c5sc(N)nc45)c(OC(F)F)cc23)CC1C. The summed E-state index contributed by atoms with van der Waals surface area (Å²) in [5.41, 5.74) is 5.14. The molecule has 5 rings (SSSR count). The number of piperazine rings is 1. The van der Waals surface area contributed by atoms with Crippen LogP contribution in [0.4, 0.5) is 28.5 Å². The number of rotatable bonds is 6. The number of amides is 1. The lowest BCUT2D eigenvalue weighted by atomic mass is 9.99. The zero-order valence-electron chi connectivity index (χ0n) is 20.8. The number of halogens is 4. The molecule has 9 nitrogen and oxygen atoms in total. The third-order valence-corrected chi connectivity index (χ3v) is 7.31. The first-order chi connectivity index (χ1) is 18.6. The van der Waals surface area contributed by atoms with Gasteiger partial charge in [-0.2, -0.15) is 18.7 Å². The maximum Gasteiger partial charge on any atom is 0.387 e. The number of hydrogen-bond donors (Lipinski definition) is 1. The highest BCUT2D eigenvalue weighted by Crippen LogP contribution is 2.44. The van der Waals surface area contributed by atoms with Gasteiger partial charge in [0.25, 0.3) is 0 Å². The molecule has 3 heterocycles. The molecule has 39 heavy (non-hydrogen) atoms. The number of nitrogen functional groups attached to an aromatic ring is 1. The smallest absolute Gasteiger partial charge is 0.387 e. The first-order valence-electron chi connectivity index (χ1n) is 11.7. The van der Waals surface area contributed by atoms with Gasteiger partial charge in [0, 0.05) is 36.6 Å². The Morgan fingerprint density at radius 1 is 1.23 bits per heavy atom. The number of carbonyl (C=O) groups excluding carboxylic acids is 1. The van der Waals surface area contributed by atoms with E-state index >= 15 is 4.39 Å². The number of anilines is 2. The topological polar surface area (TPSA) is 107 Å². The van der Waals surface area contributed by atoms with Crippen molar-refractivity contribution in [3.05, 3.63) is 42.5 Å². The Bertz CT molecular complexity index is 1610. The van der Waals surface area contributed by atoms with E-state index in [0.717, 1.165) is 17.4 Å². The molecule has 0 saturated carbocycles. The van der Waals surface area contributed by atoms with Crippen LogP contribution >= 0.6 is 11.3 Å². The van der Waals surface area contributed by atoms with E-state index in [1.54, 1.807) is 9.80 Å². The standard InChI is InChI=1S/C25H22F4N6O3S/c1-4-16(36)35-8-7-34(10-11(35)2)22-13-9-15(38-23(28)29)17(18(27)19(13)32-25(33-22)37-3)12-5-6-14(26)21-20(12)31-24(30)39-21/h4-6,9,11,23H,1,7-8,10H2,2-3H3,(H2,30,31). The second-order valence-corrected chi connectivity index (χ2v) is 9.76. The number of carbonyl (C=O) groups is 1. The Morgan fingerprint density at radius 2 is 2.00 bits per heavy atom. The van der Waals surface area contributed by atoms with Crippen LogP contribution < -0.4 is 20.1 Å². The lowest BCUT2D eigenvalue weighted by molar-refractivity contribution is -0.128. The quantitative estimate of drug-likeness (QED) is 0.269. The van der Waals surface area contributed by atoms with Crippen LogP contribution in [0.2, 0.25) is 0 Å². The van der Waals surface area contributed by atoms with Crippen LogP contribution in [0.3, 0.4) is 0 Å². The Kier molecular flexibility index (Phi) is 6.89. The van der Waals surface area contributed by atoms with Crippen LogP contribution in [0.15, 0.2) is 30.9 Å². The summed E-state index contributed by atoms with van der Waals surface area (Å²) in [6.07, 6.45) is 1.22. The Hall–Kier alpha value is -4.20. The van der Waals surface area contributed by atoms with E-state index in [2.05, 4.69) is 21.5 Å². The van der Waals surface area contributed by atoms with Crippen molar-refractivity contribution in [2.24, 2.45) is 0 Å². The van der Waals surface area contributed by atoms with Gasteiger partial charge >= 0.3 is 12.6 Å². The monoisotopic (exact) mass is 562 g/mol. The number of nitrogens with two attached hydrogens (primary N) is 1. The van der Waals surface area contributed by atoms with Crippen molar-refractivity contribution in [2.45, 2.75) is 19.6 Å². The fourth-order valence-corrected chi connectivity index (χ4v) is 5.49. The fraction of sp³-hybridized carbons (Fsp3) is 0.280. The molecule has 0 bridgehead atoms. The van der Waals surface area contributed by atoms with Gasteiger partial charge in [-0.1, -0.05) is 17.9 Å². The third-order valence-electron chi connectivity index (χ3n) is 6.42. The van der Waals surface area contributed by atoms with Gasteiger partial charge in [0.2, 0.25) is 5.91 Å². The molecule has 204 valence electrons. The summed E-state index contributed by atoms with van der Waals surface area (Å²) in [5, 5.41) is 0.0999. The summed E-state index contributed by atoms with van der Waals surface area (Å²) < 4.78 is 67.9. The minimum absolute atomic E-state index is 0.00120. The van der Waals surface area contributed by atoms with Gasteiger partial charge in [0.1, 0.15) is 22.9 Å². The van der Waals surface area contributed by atoms with E-state index in [0.29, 0.717) is 19.6 Å². The van der Waals surface area contributed by atoms with Crippen LogP contribution in [0.25, 0.3) is 32.2 Å². The highest BCUT2D eigenvalue weighted by Gasteiger charge is 2.31. The molecule has 1 aliphatic rings. The summed E-state index contributed by atoms with van der Waals surface area (Å²) in [5.74, 6) is -2.20. The minimum Gasteiger partial charge on any atom is -0.467 e. The van der Waals surface area contributed by atoms with E-state index in [1.165, 1.54) is 25.3 Å². The summed E-state index contributed by atoms with van der Waals surface area (Å²) >= 11 is 0.842. The zero-order chi connectivity index (χ0) is 28.0. The second-order valence-electron chi connectivity index (χ2n) is 8.73. The molecule has 14 heteroatoms. The summed E-state index contributed by atoms with van der Waals surface area (Å²) in [7, 11) is 1.31. The lowest BCUT2D eigenvalue weighted by Gasteiger charge is -2.40. The summed E-state index contributed by atoms with van der Waals surface area (Å²) in [6, 6.07) is 3.08. The molecule has 2 aromatic heterocycles. The number of aromatic nitrogens is 3. The van der Waals surface area contributed by atoms with E-state index in [1.807, 2.05) is 6.92 Å². The fourth-order valence-electron chi connectivity index (χ4n) is 4.73. The van der Waals surface area contributed by atoms with Gasteiger partial charge in [0.15, 0.2) is 10.9 Å². The predicted molar refractivity (Wildman–Crippen MR) is 139 cm³/mol. The number of methoxy groups -OCH3 is 1. The van der Waals surface area contributed by atoms with Crippen molar-refractivity contribution in [2.75, 3.05) is 37.4 Å². The number of benzene rings is 2. The highest BCUT2D eigenvalue weighted by atomic mass is 32.1. The van der Waals surface area contributed by atoms with E-state index < -0.39 is 24.0 Å². The third kappa shape index (κ3) is 4.64. The van der Waals surface area contributed by atoms with Crippen molar-refractivity contribution in [3.8, 4) is 22.9 Å². The van der Waals surface area contributed by atoms with Crippen LogP contribution in [-0.2, 0) is 4.79 Å². The highest BCUT2D eigenvalue weighted by molar-refractivity contribution is 7.22. The number of alkyl halides is 2. The molecule has 2 aromatic carbocycles. The van der Waals surface area contributed by atoms with E-state index in [9.17, 15) is 18.0 Å². The molecular formula is C25H22F4N6O3S. The molecule has 0 aliphatic carbocycles. The van der Waals surface area contributed by atoms with Crippen molar-refractivity contribution in [1.82, 2.24) is 19.9 Å². The molecule has 1 amide bonds. The lowest BCUT2D eigenvalue weighted by Crippen LogP contribution is -2.54. The van der Waals surface area contributed by atoms with Crippen LogP contribution in [0.1, 0.15) is 6.92 Å². The first-order valence-corrected chi connectivity index (χ1v) is 12.5. The number of hydrogen-bond acceptors (Lipinski definition) is 9. The van der Waals surface area contributed by atoms with Gasteiger partial charge in [-0.25, -0.2) is 13.8 Å². The zero-order valence-corrected chi connectivity index (χ0v) is 21.6. The molecule has 1 aliphatic heterocycles. The largest absolute Gasteiger partial charge is 0.467 e. The van der Waals surface area contributed by atoms with E-state index in [-0.39, 0.29) is 61.2 Å². The van der Waals surface area contributed by atoms with Crippen molar-refractivity contribution in [3.63, 3.8) is 0 Å². The van der Waals surface area contributed by atoms with Crippen LogP contribution in [0, 0.1) is 11.6 Å². The average Bonchev–Trinajstić information content (AvgIpc) is 3.31. The Balaban J connectivity index is 1.74. The molecule has 1 atom stereocenters. The van der Waals surface area contributed by atoms with Crippen molar-refractivity contribution in [1.29, 1.82) is 0 Å². The van der Waals surface area contributed by atoms with Crippen LogP contribution in [0.5, 0.6) is 11.8 Å². The Labute approximate surface area is 223 Å². The summed E-state index contributed by atoms with van der Waals surface area (Å²) in [6.45, 7) is 2.99. The number of thiazole rings is 1. The van der Waals surface area contributed by atoms with E-state index in [4.69, 9.17) is 15.2 Å². The Morgan fingerprint density at radius 3 is 2.67 bits per heavy atom. The molecular weight excluding hydrogens is 540 g/mol. The normalized spacial score (nSPS) is 15.8. The molecule has 1 unspecified atom stereocenters. The number of fused-ring (bicyclic) bond motifs is 2. The van der Waals surface area contributed by atoms with Crippen molar-refractivity contribution < 1.29 is 31.8 Å². The van der Waals surface area contributed by atoms with Crippen molar-refractivity contribution >= 4 is 49.3 Å². The van der Waals surface area contributed by atoms with Gasteiger partial charge in [-0.05, 0) is 31.2 Å². The maximum atomic E-state index is 16.4. The van der Waals surface area contributed by atoms with Crippen LogP contribution in [-0.4, -0.2) is 65.2 Å². The molecule has 2 N–H and O–H groups in total. The number of nitrogens with zero attached hydrogens (tertiary/aromatic N) is 5. The maximum absolute atomic E-state index is 16.4. The van der Waals surface area contributed by atoms with Gasteiger partial charge < -0.3 is 25.0 Å². The predicted octanol–water partition coefficient (Wildman–Crippen LogP) is 4.60. The van der Waals surface area contributed by atoms with Gasteiger partial charge in [-0.3, -0.25) is 4.79 Å². The molecule has 0 spiro atoms. The first kappa shape index (κ1) is 26.4.